The largest absolute Gasteiger partial charge is 0.313 e. The van der Waals surface area contributed by atoms with Crippen molar-refractivity contribution in [3.05, 3.63) is 58.4 Å². The minimum Gasteiger partial charge on any atom is -0.313 e. The van der Waals surface area contributed by atoms with Crippen LogP contribution in [-0.4, -0.2) is 6.54 Å². The molecular formula is C17H19ClFN. The first-order chi connectivity index (χ1) is 9.61. The van der Waals surface area contributed by atoms with Crippen LogP contribution in [0, 0.1) is 12.7 Å². The van der Waals surface area contributed by atoms with Crippen LogP contribution in [0.1, 0.15) is 24.5 Å². The molecule has 0 spiro atoms. The Hall–Kier alpha value is -1.38. The Morgan fingerprint density at radius 1 is 1.15 bits per heavy atom. The zero-order valence-electron chi connectivity index (χ0n) is 11.8. The molecule has 0 bridgehead atoms. The maximum absolute atomic E-state index is 13.8. The number of rotatable bonds is 5. The molecule has 2 aromatic rings. The summed E-state index contributed by atoms with van der Waals surface area (Å²) < 4.78 is 13.8. The third-order valence-electron chi connectivity index (χ3n) is 3.30. The van der Waals surface area contributed by atoms with E-state index in [2.05, 4.69) is 12.2 Å². The van der Waals surface area contributed by atoms with Gasteiger partial charge in [-0.3, -0.25) is 0 Å². The molecule has 0 aliphatic heterocycles. The van der Waals surface area contributed by atoms with Crippen LogP contribution in [0.2, 0.25) is 5.02 Å². The van der Waals surface area contributed by atoms with Gasteiger partial charge in [-0.05, 0) is 60.3 Å². The van der Waals surface area contributed by atoms with Crippen molar-refractivity contribution < 1.29 is 4.39 Å². The number of halogens is 2. The highest BCUT2D eigenvalue weighted by molar-refractivity contribution is 6.30. The SMILES string of the molecule is CCCNCc1ccc(Cl)cc1-c1ccc(C)c(F)c1. The van der Waals surface area contributed by atoms with E-state index in [1.165, 1.54) is 0 Å². The van der Waals surface area contributed by atoms with Crippen molar-refractivity contribution >= 4 is 11.6 Å². The first-order valence-corrected chi connectivity index (χ1v) is 7.25. The van der Waals surface area contributed by atoms with Gasteiger partial charge < -0.3 is 5.32 Å². The Morgan fingerprint density at radius 2 is 1.95 bits per heavy atom. The van der Waals surface area contributed by atoms with E-state index < -0.39 is 0 Å². The van der Waals surface area contributed by atoms with Crippen molar-refractivity contribution in [2.45, 2.75) is 26.8 Å². The Kier molecular flexibility index (Phi) is 5.16. The second kappa shape index (κ2) is 6.87. The van der Waals surface area contributed by atoms with Crippen molar-refractivity contribution in [2.75, 3.05) is 6.54 Å². The van der Waals surface area contributed by atoms with Gasteiger partial charge in [-0.25, -0.2) is 4.39 Å². The van der Waals surface area contributed by atoms with Crippen LogP contribution < -0.4 is 5.32 Å². The van der Waals surface area contributed by atoms with Crippen LogP contribution >= 0.6 is 11.6 Å². The maximum atomic E-state index is 13.8. The monoisotopic (exact) mass is 291 g/mol. The molecule has 106 valence electrons. The van der Waals surface area contributed by atoms with E-state index in [4.69, 9.17) is 11.6 Å². The summed E-state index contributed by atoms with van der Waals surface area (Å²) in [4.78, 5) is 0. The van der Waals surface area contributed by atoms with E-state index in [-0.39, 0.29) is 5.82 Å². The molecule has 0 heterocycles. The molecule has 0 saturated carbocycles. The fraction of sp³-hybridized carbons (Fsp3) is 0.294. The highest BCUT2D eigenvalue weighted by Gasteiger charge is 2.08. The number of hydrogen-bond acceptors (Lipinski definition) is 1. The molecule has 20 heavy (non-hydrogen) atoms. The van der Waals surface area contributed by atoms with Gasteiger partial charge in [0.25, 0.3) is 0 Å². The molecule has 2 rings (SSSR count). The van der Waals surface area contributed by atoms with Gasteiger partial charge in [-0.2, -0.15) is 0 Å². The van der Waals surface area contributed by atoms with E-state index in [1.54, 1.807) is 19.1 Å². The molecule has 0 radical (unpaired) electrons. The van der Waals surface area contributed by atoms with Gasteiger partial charge in [0.05, 0.1) is 0 Å². The molecule has 0 saturated heterocycles. The molecule has 0 aliphatic carbocycles. The van der Waals surface area contributed by atoms with E-state index in [0.717, 1.165) is 36.2 Å². The lowest BCUT2D eigenvalue weighted by Gasteiger charge is -2.12. The van der Waals surface area contributed by atoms with E-state index in [0.29, 0.717) is 10.6 Å². The fourth-order valence-electron chi connectivity index (χ4n) is 2.13. The Balaban J connectivity index is 2.37. The summed E-state index contributed by atoms with van der Waals surface area (Å²) >= 11 is 6.08. The Labute approximate surface area is 124 Å². The van der Waals surface area contributed by atoms with Crippen LogP contribution in [0.5, 0.6) is 0 Å². The molecule has 1 nitrogen and oxygen atoms in total. The van der Waals surface area contributed by atoms with Crippen molar-refractivity contribution in [2.24, 2.45) is 0 Å². The quantitative estimate of drug-likeness (QED) is 0.768. The van der Waals surface area contributed by atoms with Gasteiger partial charge in [0, 0.05) is 11.6 Å². The summed E-state index contributed by atoms with van der Waals surface area (Å²) in [6.07, 6.45) is 1.09. The van der Waals surface area contributed by atoms with Gasteiger partial charge in [0.15, 0.2) is 0 Å². The highest BCUT2D eigenvalue weighted by Crippen LogP contribution is 2.28. The summed E-state index contributed by atoms with van der Waals surface area (Å²) in [5, 5.41) is 4.04. The zero-order chi connectivity index (χ0) is 14.5. The van der Waals surface area contributed by atoms with Crippen LogP contribution in [0.15, 0.2) is 36.4 Å². The number of benzene rings is 2. The summed E-state index contributed by atoms with van der Waals surface area (Å²) in [6, 6.07) is 11.1. The number of hydrogen-bond donors (Lipinski definition) is 1. The molecule has 0 fully saturated rings. The van der Waals surface area contributed by atoms with E-state index in [1.807, 2.05) is 24.3 Å². The Morgan fingerprint density at radius 3 is 2.65 bits per heavy atom. The van der Waals surface area contributed by atoms with Crippen molar-refractivity contribution in [3.63, 3.8) is 0 Å². The van der Waals surface area contributed by atoms with E-state index in [9.17, 15) is 4.39 Å². The summed E-state index contributed by atoms with van der Waals surface area (Å²) in [5.74, 6) is -0.185. The first-order valence-electron chi connectivity index (χ1n) is 6.87. The first kappa shape index (κ1) is 15.0. The molecule has 0 aliphatic rings. The van der Waals surface area contributed by atoms with Crippen molar-refractivity contribution in [1.29, 1.82) is 0 Å². The molecule has 3 heteroatoms. The number of nitrogens with one attached hydrogen (secondary N) is 1. The third-order valence-corrected chi connectivity index (χ3v) is 3.53. The average Bonchev–Trinajstić information content (AvgIpc) is 2.44. The molecule has 1 N–H and O–H groups in total. The van der Waals surface area contributed by atoms with Crippen LogP contribution in [0.25, 0.3) is 11.1 Å². The molecular weight excluding hydrogens is 273 g/mol. The maximum Gasteiger partial charge on any atom is 0.126 e. The number of aryl methyl sites for hydroxylation is 1. The van der Waals surface area contributed by atoms with Gasteiger partial charge in [-0.15, -0.1) is 0 Å². The van der Waals surface area contributed by atoms with Crippen LogP contribution in [0.4, 0.5) is 4.39 Å². The van der Waals surface area contributed by atoms with Crippen LogP contribution in [-0.2, 0) is 6.54 Å². The Bertz CT molecular complexity index is 596. The van der Waals surface area contributed by atoms with Gasteiger partial charge in [-0.1, -0.05) is 36.7 Å². The lowest BCUT2D eigenvalue weighted by Crippen LogP contribution is -2.14. The molecule has 0 aromatic heterocycles. The predicted octanol–water partition coefficient (Wildman–Crippen LogP) is 4.95. The van der Waals surface area contributed by atoms with Crippen molar-refractivity contribution in [3.8, 4) is 11.1 Å². The summed E-state index contributed by atoms with van der Waals surface area (Å²) in [5.41, 5.74) is 3.64. The van der Waals surface area contributed by atoms with Gasteiger partial charge in [0.1, 0.15) is 5.82 Å². The lowest BCUT2D eigenvalue weighted by molar-refractivity contribution is 0.619. The molecule has 2 aromatic carbocycles. The lowest BCUT2D eigenvalue weighted by atomic mass is 9.98. The fourth-order valence-corrected chi connectivity index (χ4v) is 2.30. The normalized spacial score (nSPS) is 10.8. The smallest absolute Gasteiger partial charge is 0.126 e. The summed E-state index contributed by atoms with van der Waals surface area (Å²) in [6.45, 7) is 5.62. The predicted molar refractivity (Wildman–Crippen MR) is 83.6 cm³/mol. The second-order valence-corrected chi connectivity index (χ2v) is 5.38. The average molecular weight is 292 g/mol. The molecule has 0 amide bonds. The highest BCUT2D eigenvalue weighted by atomic mass is 35.5. The van der Waals surface area contributed by atoms with Crippen molar-refractivity contribution in [1.82, 2.24) is 5.32 Å². The van der Waals surface area contributed by atoms with Gasteiger partial charge >= 0.3 is 0 Å². The third kappa shape index (κ3) is 3.59. The van der Waals surface area contributed by atoms with Gasteiger partial charge in [0.2, 0.25) is 0 Å². The molecule has 0 unspecified atom stereocenters. The van der Waals surface area contributed by atoms with Crippen LogP contribution in [0.3, 0.4) is 0 Å². The minimum atomic E-state index is -0.185. The standard InChI is InChI=1S/C17H19ClFN/c1-3-8-20-11-14-6-7-15(18)10-16(14)13-5-4-12(2)17(19)9-13/h4-7,9-10,20H,3,8,11H2,1-2H3. The summed E-state index contributed by atoms with van der Waals surface area (Å²) in [7, 11) is 0. The zero-order valence-corrected chi connectivity index (χ0v) is 12.6. The molecule has 0 atom stereocenters. The minimum absolute atomic E-state index is 0.185. The topological polar surface area (TPSA) is 12.0 Å². The second-order valence-electron chi connectivity index (χ2n) is 4.94. The van der Waals surface area contributed by atoms with E-state index >= 15 is 0 Å².